The minimum absolute atomic E-state index is 0.0228. The molecule has 100 valence electrons. The fourth-order valence-electron chi connectivity index (χ4n) is 1.50. The Morgan fingerprint density at radius 2 is 2.10 bits per heavy atom. The Labute approximate surface area is 114 Å². The number of aromatic nitrogens is 2. The Morgan fingerprint density at radius 3 is 2.70 bits per heavy atom. The molecular formula is C12H10N6O2. The van der Waals surface area contributed by atoms with Gasteiger partial charge in [-0.25, -0.2) is 9.97 Å². The number of nitro groups is 1. The highest BCUT2D eigenvalue weighted by molar-refractivity contribution is 5.49. The first-order valence-corrected chi connectivity index (χ1v) is 5.60. The molecule has 0 spiro atoms. The van der Waals surface area contributed by atoms with Gasteiger partial charge in [0.25, 0.3) is 5.69 Å². The van der Waals surface area contributed by atoms with Gasteiger partial charge in [0, 0.05) is 17.8 Å². The number of nitro benzene ring substituents is 1. The largest absolute Gasteiger partial charge is 0.381 e. The van der Waals surface area contributed by atoms with E-state index in [1.54, 1.807) is 12.1 Å². The van der Waals surface area contributed by atoms with Gasteiger partial charge in [0.2, 0.25) is 0 Å². The lowest BCUT2D eigenvalue weighted by molar-refractivity contribution is -0.384. The number of benzene rings is 1. The van der Waals surface area contributed by atoms with Crippen molar-refractivity contribution in [1.82, 2.24) is 9.97 Å². The van der Waals surface area contributed by atoms with Gasteiger partial charge < -0.3 is 11.1 Å². The van der Waals surface area contributed by atoms with Crippen LogP contribution >= 0.6 is 0 Å². The first-order valence-electron chi connectivity index (χ1n) is 5.60. The highest BCUT2D eigenvalue weighted by atomic mass is 16.6. The molecule has 0 atom stereocenters. The maximum Gasteiger partial charge on any atom is 0.269 e. The summed E-state index contributed by atoms with van der Waals surface area (Å²) in [4.78, 5) is 17.9. The van der Waals surface area contributed by atoms with Crippen molar-refractivity contribution in [2.45, 2.75) is 6.54 Å². The molecule has 0 saturated heterocycles. The molecule has 1 aromatic carbocycles. The molecule has 0 radical (unpaired) electrons. The van der Waals surface area contributed by atoms with E-state index in [0.717, 1.165) is 0 Å². The minimum Gasteiger partial charge on any atom is -0.381 e. The van der Waals surface area contributed by atoms with Crippen LogP contribution in [-0.4, -0.2) is 14.9 Å². The van der Waals surface area contributed by atoms with Crippen molar-refractivity contribution in [1.29, 1.82) is 5.26 Å². The maximum absolute atomic E-state index is 10.5. The average molecular weight is 270 g/mol. The van der Waals surface area contributed by atoms with Gasteiger partial charge in [-0.15, -0.1) is 0 Å². The Kier molecular flexibility index (Phi) is 3.72. The number of nitriles is 1. The number of anilines is 2. The van der Waals surface area contributed by atoms with Crippen LogP contribution in [0.3, 0.4) is 0 Å². The van der Waals surface area contributed by atoms with E-state index in [1.165, 1.54) is 18.3 Å². The molecule has 0 unspecified atom stereocenters. The van der Waals surface area contributed by atoms with E-state index in [9.17, 15) is 10.1 Å². The van der Waals surface area contributed by atoms with E-state index in [2.05, 4.69) is 15.3 Å². The van der Waals surface area contributed by atoms with Crippen LogP contribution in [-0.2, 0) is 6.54 Å². The number of hydrogen-bond donors (Lipinski definition) is 2. The van der Waals surface area contributed by atoms with E-state index >= 15 is 0 Å². The summed E-state index contributed by atoms with van der Waals surface area (Å²) in [5.74, 6) is 0.0894. The highest BCUT2D eigenvalue weighted by Gasteiger charge is 2.05. The van der Waals surface area contributed by atoms with Gasteiger partial charge in [-0.05, 0) is 12.1 Å². The molecule has 1 heterocycles. The molecular weight excluding hydrogens is 260 g/mol. The molecule has 8 heteroatoms. The summed E-state index contributed by atoms with van der Waals surface area (Å²) in [6.45, 7) is 0.333. The Balaban J connectivity index is 2.05. The lowest BCUT2D eigenvalue weighted by atomic mass is 10.3. The second kappa shape index (κ2) is 5.62. The SMILES string of the molecule is N#Cc1nc(CNc2ccc([N+](=O)[O-])cc2)cnc1N. The zero-order chi connectivity index (χ0) is 14.5. The van der Waals surface area contributed by atoms with Crippen LogP contribution in [0.25, 0.3) is 0 Å². The van der Waals surface area contributed by atoms with E-state index in [0.29, 0.717) is 17.9 Å². The minimum atomic E-state index is -0.464. The van der Waals surface area contributed by atoms with Crippen LogP contribution in [0.2, 0.25) is 0 Å². The van der Waals surface area contributed by atoms with Crippen molar-refractivity contribution >= 4 is 17.2 Å². The van der Waals surface area contributed by atoms with Crippen LogP contribution in [0.5, 0.6) is 0 Å². The molecule has 1 aromatic heterocycles. The van der Waals surface area contributed by atoms with Crippen molar-refractivity contribution in [2.24, 2.45) is 0 Å². The Hall–Kier alpha value is -3.21. The van der Waals surface area contributed by atoms with Crippen molar-refractivity contribution in [2.75, 3.05) is 11.1 Å². The van der Waals surface area contributed by atoms with Gasteiger partial charge >= 0.3 is 0 Å². The monoisotopic (exact) mass is 270 g/mol. The molecule has 0 aliphatic carbocycles. The number of nitrogens with zero attached hydrogens (tertiary/aromatic N) is 4. The third-order valence-electron chi connectivity index (χ3n) is 2.51. The van der Waals surface area contributed by atoms with Gasteiger partial charge in [-0.3, -0.25) is 10.1 Å². The van der Waals surface area contributed by atoms with Crippen LogP contribution < -0.4 is 11.1 Å². The highest BCUT2D eigenvalue weighted by Crippen LogP contribution is 2.16. The van der Waals surface area contributed by atoms with Crippen molar-refractivity contribution in [3.05, 3.63) is 52.0 Å². The van der Waals surface area contributed by atoms with Crippen LogP contribution in [0, 0.1) is 21.4 Å². The van der Waals surface area contributed by atoms with Crippen LogP contribution in [0.4, 0.5) is 17.2 Å². The molecule has 0 bridgehead atoms. The number of nitrogens with two attached hydrogens (primary N) is 1. The standard InChI is InChI=1S/C12H10N6O2/c13-5-11-12(14)16-7-9(17-11)6-15-8-1-3-10(4-2-8)18(19)20/h1-4,7,15H,6H2,(H2,14,16). The quantitative estimate of drug-likeness (QED) is 0.634. The first kappa shape index (κ1) is 13.2. The summed E-state index contributed by atoms with van der Waals surface area (Å²) >= 11 is 0. The Bertz CT molecular complexity index is 677. The van der Waals surface area contributed by atoms with Crippen LogP contribution in [0.1, 0.15) is 11.4 Å². The molecule has 0 saturated carbocycles. The fraction of sp³-hybridized carbons (Fsp3) is 0.0833. The third-order valence-corrected chi connectivity index (χ3v) is 2.51. The fourth-order valence-corrected chi connectivity index (χ4v) is 1.50. The van der Waals surface area contributed by atoms with E-state index in [-0.39, 0.29) is 17.2 Å². The van der Waals surface area contributed by atoms with Crippen molar-refractivity contribution in [3.8, 4) is 6.07 Å². The zero-order valence-corrected chi connectivity index (χ0v) is 10.3. The number of rotatable bonds is 4. The maximum atomic E-state index is 10.5. The van der Waals surface area contributed by atoms with E-state index < -0.39 is 4.92 Å². The molecule has 0 fully saturated rings. The molecule has 20 heavy (non-hydrogen) atoms. The summed E-state index contributed by atoms with van der Waals surface area (Å²) in [6, 6.07) is 7.84. The molecule has 3 N–H and O–H groups in total. The predicted octanol–water partition coefficient (Wildman–Crippen LogP) is 1.45. The smallest absolute Gasteiger partial charge is 0.269 e. The first-order chi connectivity index (χ1) is 9.60. The molecule has 0 aliphatic rings. The summed E-state index contributed by atoms with van der Waals surface area (Å²) in [7, 11) is 0. The second-order valence-corrected chi connectivity index (χ2v) is 3.86. The summed E-state index contributed by atoms with van der Waals surface area (Å²) in [5.41, 5.74) is 6.82. The molecule has 2 aromatic rings. The van der Waals surface area contributed by atoms with E-state index in [1.807, 2.05) is 6.07 Å². The number of non-ortho nitro benzene ring substituents is 1. The molecule has 8 nitrogen and oxygen atoms in total. The van der Waals surface area contributed by atoms with Gasteiger partial charge in [-0.2, -0.15) is 5.26 Å². The van der Waals surface area contributed by atoms with Gasteiger partial charge in [0.05, 0.1) is 23.4 Å². The second-order valence-electron chi connectivity index (χ2n) is 3.86. The summed E-state index contributed by atoms with van der Waals surface area (Å²) in [5, 5.41) is 22.3. The number of nitrogen functional groups attached to an aromatic ring is 1. The lowest BCUT2D eigenvalue weighted by Gasteiger charge is -2.06. The molecule has 0 aliphatic heterocycles. The van der Waals surface area contributed by atoms with Crippen molar-refractivity contribution in [3.63, 3.8) is 0 Å². The number of nitrogens with one attached hydrogen (secondary N) is 1. The van der Waals surface area contributed by atoms with Gasteiger partial charge in [-0.1, -0.05) is 0 Å². The molecule has 0 amide bonds. The average Bonchev–Trinajstić information content (AvgIpc) is 2.46. The third kappa shape index (κ3) is 2.97. The zero-order valence-electron chi connectivity index (χ0n) is 10.3. The van der Waals surface area contributed by atoms with E-state index in [4.69, 9.17) is 11.0 Å². The molecule has 2 rings (SSSR count). The topological polar surface area (TPSA) is 131 Å². The normalized spacial score (nSPS) is 9.75. The summed E-state index contributed by atoms with van der Waals surface area (Å²) < 4.78 is 0. The van der Waals surface area contributed by atoms with Gasteiger partial charge in [0.15, 0.2) is 11.5 Å². The summed E-state index contributed by atoms with van der Waals surface area (Å²) in [6.07, 6.45) is 1.47. The Morgan fingerprint density at radius 1 is 1.40 bits per heavy atom. The van der Waals surface area contributed by atoms with Gasteiger partial charge in [0.1, 0.15) is 6.07 Å². The lowest BCUT2D eigenvalue weighted by Crippen LogP contribution is -2.06. The number of hydrogen-bond acceptors (Lipinski definition) is 7. The predicted molar refractivity (Wildman–Crippen MR) is 71.6 cm³/mol. The van der Waals surface area contributed by atoms with Crippen LogP contribution in [0.15, 0.2) is 30.5 Å². The van der Waals surface area contributed by atoms with Crippen molar-refractivity contribution < 1.29 is 4.92 Å².